The topological polar surface area (TPSA) is 97.2 Å². The summed E-state index contributed by atoms with van der Waals surface area (Å²) in [4.78, 5) is 26.4. The number of pyridine rings is 2. The second kappa shape index (κ2) is 12.6. The number of carbonyl (C=O) groups excluding carboxylic acids is 1. The Hall–Kier alpha value is -2.61. The standard InChI is InChI=1S/C30H37FIN7O2S/c1-29(20-32)16-21-4-2-3-13-33-24-7-5-22(17-34-24)42-37-28(40)23-6-8-25(35-27(23)38(29)18-21)39-14-9-26(36-39)41-15-12-30(19-31)10-11-30/h5-9,14,17,21H,2-4,10-13,15-16,18-20H2,1H3,(H,33,34)(H,37,40). The number of rotatable bonds is 7. The molecule has 1 amide bonds. The zero-order valence-electron chi connectivity index (χ0n) is 23.8. The highest BCUT2D eigenvalue weighted by molar-refractivity contribution is 14.1. The molecule has 9 nitrogen and oxygen atoms in total. The van der Waals surface area contributed by atoms with Crippen LogP contribution in [-0.2, 0) is 0 Å². The van der Waals surface area contributed by atoms with Gasteiger partial charge in [0.25, 0.3) is 5.91 Å². The molecule has 1 saturated heterocycles. The SMILES string of the molecule is CC1(CI)CC2CCCCNc3ccc(cn3)SNC(=O)c3ccc(-n4ccc(OCCC5(CF)CC5)n4)nc3N1C2. The largest absolute Gasteiger partial charge is 0.477 e. The van der Waals surface area contributed by atoms with Crippen molar-refractivity contribution in [3.05, 3.63) is 48.3 Å². The van der Waals surface area contributed by atoms with E-state index in [2.05, 4.69) is 54.5 Å². The minimum Gasteiger partial charge on any atom is -0.477 e. The molecular formula is C30H37FIN7O2S. The van der Waals surface area contributed by atoms with Gasteiger partial charge in [0.15, 0.2) is 5.82 Å². The van der Waals surface area contributed by atoms with Crippen LogP contribution in [0.25, 0.3) is 5.82 Å². The van der Waals surface area contributed by atoms with E-state index >= 15 is 0 Å². The molecule has 0 spiro atoms. The van der Waals surface area contributed by atoms with Crippen molar-refractivity contribution in [1.29, 1.82) is 0 Å². The molecule has 3 aromatic heterocycles. The molecule has 7 rings (SSSR count). The van der Waals surface area contributed by atoms with Crippen LogP contribution in [-0.4, -0.2) is 62.0 Å². The van der Waals surface area contributed by atoms with Crippen molar-refractivity contribution < 1.29 is 13.9 Å². The molecule has 1 aliphatic carbocycles. The fourth-order valence-electron chi connectivity index (χ4n) is 5.88. The second-order valence-corrected chi connectivity index (χ2v) is 13.7. The number of alkyl halides is 2. The number of fused-ring (bicyclic) bond motifs is 8. The monoisotopic (exact) mass is 705 g/mol. The molecule has 2 fully saturated rings. The van der Waals surface area contributed by atoms with Gasteiger partial charge in [-0.3, -0.25) is 13.9 Å². The zero-order chi connectivity index (χ0) is 29.2. The molecule has 4 aliphatic rings. The molecule has 42 heavy (non-hydrogen) atoms. The lowest BCUT2D eigenvalue weighted by atomic mass is 9.93. The molecule has 0 radical (unpaired) electrons. The Kier molecular flexibility index (Phi) is 8.80. The maximum absolute atomic E-state index is 13.6. The van der Waals surface area contributed by atoms with E-state index < -0.39 is 0 Å². The van der Waals surface area contributed by atoms with Crippen LogP contribution in [0.4, 0.5) is 16.0 Å². The molecule has 6 heterocycles. The average molecular weight is 706 g/mol. The summed E-state index contributed by atoms with van der Waals surface area (Å²) in [6.45, 7) is 4.16. The van der Waals surface area contributed by atoms with Gasteiger partial charge in [0.1, 0.15) is 11.6 Å². The maximum atomic E-state index is 13.6. The van der Waals surface area contributed by atoms with E-state index in [9.17, 15) is 9.18 Å². The number of carbonyl (C=O) groups is 1. The molecular weight excluding hydrogens is 668 g/mol. The maximum Gasteiger partial charge on any atom is 0.265 e. The highest BCUT2D eigenvalue weighted by Gasteiger charge is 2.43. The van der Waals surface area contributed by atoms with Crippen LogP contribution in [0.2, 0.25) is 0 Å². The van der Waals surface area contributed by atoms with Crippen LogP contribution in [0.1, 0.15) is 62.2 Å². The second-order valence-electron chi connectivity index (χ2n) is 12.0. The number of nitrogens with zero attached hydrogens (tertiary/aromatic N) is 5. The van der Waals surface area contributed by atoms with Crippen molar-refractivity contribution in [2.75, 3.05) is 41.0 Å². The highest BCUT2D eigenvalue weighted by Crippen LogP contribution is 2.49. The third kappa shape index (κ3) is 6.48. The summed E-state index contributed by atoms with van der Waals surface area (Å²) in [5, 5.41) is 8.00. The summed E-state index contributed by atoms with van der Waals surface area (Å²) in [7, 11) is 0. The molecule has 224 valence electrons. The van der Waals surface area contributed by atoms with Crippen molar-refractivity contribution in [3.8, 4) is 11.7 Å². The number of amides is 1. The number of anilines is 2. The zero-order valence-corrected chi connectivity index (χ0v) is 26.8. The lowest BCUT2D eigenvalue weighted by Gasteiger charge is -2.35. The minimum absolute atomic E-state index is 0.130. The number of nitrogens with one attached hydrogen (secondary N) is 2. The van der Waals surface area contributed by atoms with Gasteiger partial charge in [0.2, 0.25) is 5.88 Å². The Morgan fingerprint density at radius 1 is 1.21 bits per heavy atom. The molecule has 4 bridgehead atoms. The first-order valence-corrected chi connectivity index (χ1v) is 17.0. The van der Waals surface area contributed by atoms with Gasteiger partial charge in [-0.2, -0.15) is 0 Å². The van der Waals surface area contributed by atoms with Gasteiger partial charge in [-0.25, -0.2) is 14.6 Å². The van der Waals surface area contributed by atoms with Crippen LogP contribution >= 0.6 is 34.5 Å². The number of hydrogen-bond acceptors (Lipinski definition) is 8. The molecule has 1 saturated carbocycles. The van der Waals surface area contributed by atoms with Gasteiger partial charge in [-0.15, -0.1) is 5.10 Å². The highest BCUT2D eigenvalue weighted by atomic mass is 127. The Morgan fingerprint density at radius 2 is 2.10 bits per heavy atom. The average Bonchev–Trinajstić information content (AvgIpc) is 3.49. The normalized spacial score (nSPS) is 23.5. The summed E-state index contributed by atoms with van der Waals surface area (Å²) in [6, 6.07) is 9.37. The van der Waals surface area contributed by atoms with Crippen LogP contribution < -0.4 is 19.7 Å². The molecule has 3 aromatic rings. The van der Waals surface area contributed by atoms with Gasteiger partial charge in [0, 0.05) is 51.8 Å². The van der Waals surface area contributed by atoms with Crippen molar-refractivity contribution >= 4 is 52.1 Å². The summed E-state index contributed by atoms with van der Waals surface area (Å²) in [5.74, 6) is 2.92. The summed E-state index contributed by atoms with van der Waals surface area (Å²) in [5.41, 5.74) is 0.220. The molecule has 2 unspecified atom stereocenters. The van der Waals surface area contributed by atoms with Crippen molar-refractivity contribution in [2.45, 2.75) is 62.3 Å². The number of halogens is 2. The van der Waals surface area contributed by atoms with E-state index in [1.165, 1.54) is 11.9 Å². The van der Waals surface area contributed by atoms with Crippen molar-refractivity contribution in [1.82, 2.24) is 24.5 Å². The summed E-state index contributed by atoms with van der Waals surface area (Å²) in [6.07, 6.45) is 10.5. The lowest BCUT2D eigenvalue weighted by molar-refractivity contribution is 0.0984. The number of aromatic nitrogens is 4. The van der Waals surface area contributed by atoms with E-state index in [0.29, 0.717) is 42.0 Å². The minimum atomic E-state index is -0.288. The Bertz CT molecular complexity index is 1400. The van der Waals surface area contributed by atoms with Gasteiger partial charge in [-0.05, 0) is 87.6 Å². The van der Waals surface area contributed by atoms with Gasteiger partial charge in [-0.1, -0.05) is 29.0 Å². The molecule has 2 atom stereocenters. The van der Waals surface area contributed by atoms with E-state index in [4.69, 9.17) is 9.72 Å². The predicted octanol–water partition coefficient (Wildman–Crippen LogP) is 6.23. The third-order valence-corrected chi connectivity index (χ3v) is 11.1. The van der Waals surface area contributed by atoms with E-state index in [0.717, 1.165) is 66.8 Å². The van der Waals surface area contributed by atoms with E-state index in [1.54, 1.807) is 16.9 Å². The van der Waals surface area contributed by atoms with Crippen LogP contribution in [0.5, 0.6) is 5.88 Å². The number of ether oxygens (including phenoxy) is 1. The third-order valence-electron chi connectivity index (χ3n) is 8.73. The lowest BCUT2D eigenvalue weighted by Crippen LogP contribution is -2.44. The smallest absolute Gasteiger partial charge is 0.265 e. The summed E-state index contributed by atoms with van der Waals surface area (Å²) < 4.78 is 24.7. The van der Waals surface area contributed by atoms with E-state index in [-0.39, 0.29) is 23.5 Å². The Balaban J connectivity index is 1.28. The molecule has 2 N–H and O–H groups in total. The Labute approximate surface area is 264 Å². The van der Waals surface area contributed by atoms with Crippen LogP contribution in [0.15, 0.2) is 47.6 Å². The first kappa shape index (κ1) is 29.5. The number of hydrogen-bond donors (Lipinski definition) is 2. The Morgan fingerprint density at radius 3 is 2.86 bits per heavy atom. The van der Waals surface area contributed by atoms with Crippen LogP contribution in [0.3, 0.4) is 0 Å². The van der Waals surface area contributed by atoms with Gasteiger partial charge >= 0.3 is 0 Å². The first-order chi connectivity index (χ1) is 20.4. The molecule has 0 aromatic carbocycles. The van der Waals surface area contributed by atoms with Crippen LogP contribution in [0, 0.1) is 11.3 Å². The van der Waals surface area contributed by atoms with Crippen molar-refractivity contribution in [3.63, 3.8) is 0 Å². The van der Waals surface area contributed by atoms with Crippen molar-refractivity contribution in [2.24, 2.45) is 11.3 Å². The predicted molar refractivity (Wildman–Crippen MR) is 172 cm³/mol. The fourth-order valence-corrected chi connectivity index (χ4v) is 7.16. The first-order valence-electron chi connectivity index (χ1n) is 14.7. The van der Waals surface area contributed by atoms with E-state index in [1.807, 2.05) is 30.5 Å². The van der Waals surface area contributed by atoms with Gasteiger partial charge in [0.05, 0.1) is 18.8 Å². The molecule has 12 heteroatoms. The summed E-state index contributed by atoms with van der Waals surface area (Å²) >= 11 is 3.71. The quantitative estimate of drug-likeness (QED) is 0.170. The fraction of sp³-hybridized carbons (Fsp3) is 0.533. The van der Waals surface area contributed by atoms with Gasteiger partial charge < -0.3 is 15.0 Å². The molecule has 3 aliphatic heterocycles.